The van der Waals surface area contributed by atoms with Gasteiger partial charge in [0.15, 0.2) is 6.61 Å². The molecule has 3 aliphatic rings. The van der Waals surface area contributed by atoms with Crippen LogP contribution < -0.4 is 24.8 Å². The van der Waals surface area contributed by atoms with Crippen LogP contribution in [0.1, 0.15) is 38.3 Å². The van der Waals surface area contributed by atoms with Gasteiger partial charge in [-0.1, -0.05) is 6.07 Å². The van der Waals surface area contributed by atoms with E-state index in [1.54, 1.807) is 42.3 Å². The highest BCUT2D eigenvalue weighted by Gasteiger charge is 2.35. The van der Waals surface area contributed by atoms with E-state index in [1.165, 1.54) is 11.3 Å². The van der Waals surface area contributed by atoms with Crippen molar-refractivity contribution in [3.8, 4) is 17.2 Å². The first kappa shape index (κ1) is 25.6. The topological polar surface area (TPSA) is 106 Å². The fraction of sp³-hybridized carbons (Fsp3) is 0.321. The first-order valence-electron chi connectivity index (χ1n) is 12.4. The molecular formula is C28H29N3O6S. The summed E-state index contributed by atoms with van der Waals surface area (Å²) in [7, 11) is 1.56. The third kappa shape index (κ3) is 5.60. The first-order valence-corrected chi connectivity index (χ1v) is 13.3. The number of carbonyl (C=O) groups is 3. The Morgan fingerprint density at radius 1 is 1.16 bits per heavy atom. The molecule has 2 atom stereocenters. The third-order valence-corrected chi connectivity index (χ3v) is 7.44. The summed E-state index contributed by atoms with van der Waals surface area (Å²) >= 11 is 1.47. The number of likely N-dealkylation sites (tertiary alicyclic amines) is 1. The molecule has 1 fully saturated rings. The van der Waals surface area contributed by atoms with Gasteiger partial charge in [0.1, 0.15) is 23.4 Å². The summed E-state index contributed by atoms with van der Waals surface area (Å²) in [6.45, 7) is 2.71. The third-order valence-electron chi connectivity index (χ3n) is 6.75. The predicted molar refractivity (Wildman–Crippen MR) is 142 cm³/mol. The lowest BCUT2D eigenvalue weighted by atomic mass is 10.00. The number of rotatable bonds is 2. The molecule has 198 valence electrons. The van der Waals surface area contributed by atoms with Gasteiger partial charge >= 0.3 is 0 Å². The van der Waals surface area contributed by atoms with Crippen molar-refractivity contribution in [1.82, 2.24) is 15.5 Å². The molecule has 0 radical (unpaired) electrons. The minimum Gasteiger partial charge on any atom is -0.496 e. The normalized spacial score (nSPS) is 19.8. The molecule has 10 heteroatoms. The number of ether oxygens (including phenoxy) is 3. The number of methoxy groups -OCH3 is 1. The standard InChI is InChI=1S/C28H29N3O6S/c1-17-3-4-18-11-24(17)36-15-26(32)29-13-19-5-6-21(12-25(19)35-2)37-23-7-9-31(14-22(23)30-27(18)33)28(34)20-8-10-38-16-20/h3-6,8,10-12,16,22-23H,7,9,13-15H2,1-2H3,(H,29,32)(H,30,33)/t22-,23+/m0/s1. The number of nitrogens with zero attached hydrogens (tertiary/aromatic N) is 1. The fourth-order valence-electron chi connectivity index (χ4n) is 4.62. The summed E-state index contributed by atoms with van der Waals surface area (Å²) in [6, 6.07) is 11.9. The van der Waals surface area contributed by atoms with E-state index in [0.29, 0.717) is 47.9 Å². The highest BCUT2D eigenvalue weighted by atomic mass is 32.1. The molecule has 3 amide bonds. The van der Waals surface area contributed by atoms with Gasteiger partial charge in [0, 0.05) is 48.6 Å². The van der Waals surface area contributed by atoms with Crippen LogP contribution in [0.25, 0.3) is 0 Å². The summed E-state index contributed by atoms with van der Waals surface area (Å²) in [6.07, 6.45) is 0.154. The van der Waals surface area contributed by atoms with Gasteiger partial charge in [-0.05, 0) is 48.2 Å². The van der Waals surface area contributed by atoms with Crippen LogP contribution in [0.2, 0.25) is 0 Å². The summed E-state index contributed by atoms with van der Waals surface area (Å²) < 4.78 is 17.6. The zero-order valence-electron chi connectivity index (χ0n) is 21.2. The van der Waals surface area contributed by atoms with E-state index in [-0.39, 0.29) is 37.0 Å². The van der Waals surface area contributed by atoms with Crippen molar-refractivity contribution in [3.05, 3.63) is 75.5 Å². The molecule has 4 heterocycles. The number of hydrogen-bond donors (Lipinski definition) is 2. The van der Waals surface area contributed by atoms with Crippen LogP contribution in [0.3, 0.4) is 0 Å². The zero-order valence-corrected chi connectivity index (χ0v) is 22.0. The number of carbonyl (C=O) groups excluding carboxylic acids is 3. The van der Waals surface area contributed by atoms with Crippen molar-refractivity contribution in [1.29, 1.82) is 0 Å². The second-order valence-corrected chi connectivity index (χ2v) is 10.1. The molecule has 38 heavy (non-hydrogen) atoms. The van der Waals surface area contributed by atoms with E-state index >= 15 is 0 Å². The molecule has 6 rings (SSSR count). The number of hydrogen-bond acceptors (Lipinski definition) is 7. The number of nitrogens with one attached hydrogen (secondary N) is 2. The van der Waals surface area contributed by atoms with E-state index in [1.807, 2.05) is 29.8 Å². The molecule has 2 aromatic carbocycles. The Morgan fingerprint density at radius 3 is 2.82 bits per heavy atom. The maximum atomic E-state index is 13.4. The van der Waals surface area contributed by atoms with Gasteiger partial charge in [0.05, 0.1) is 18.7 Å². The smallest absolute Gasteiger partial charge is 0.258 e. The SMILES string of the molecule is COc1cc2ccc1CNC(=O)COc1cc(ccc1C)C(=O)N[C@H]1CN(C(=O)c3ccsc3)CC[C@H]1O2. The van der Waals surface area contributed by atoms with Gasteiger partial charge in [-0.2, -0.15) is 11.3 Å². The summed E-state index contributed by atoms with van der Waals surface area (Å²) in [5, 5.41) is 9.61. The number of amides is 3. The van der Waals surface area contributed by atoms with Gasteiger partial charge < -0.3 is 29.7 Å². The maximum Gasteiger partial charge on any atom is 0.258 e. The van der Waals surface area contributed by atoms with Crippen LogP contribution in [0, 0.1) is 6.92 Å². The highest BCUT2D eigenvalue weighted by molar-refractivity contribution is 7.08. The monoisotopic (exact) mass is 535 g/mol. The average molecular weight is 536 g/mol. The summed E-state index contributed by atoms with van der Waals surface area (Å²) in [4.78, 5) is 40.6. The maximum absolute atomic E-state index is 13.4. The first-order chi connectivity index (χ1) is 18.4. The molecule has 1 saturated heterocycles. The molecule has 1 aromatic heterocycles. The van der Waals surface area contributed by atoms with Crippen molar-refractivity contribution in [3.63, 3.8) is 0 Å². The lowest BCUT2D eigenvalue weighted by Crippen LogP contribution is -2.58. The Hall–Kier alpha value is -4.05. The summed E-state index contributed by atoms with van der Waals surface area (Å²) in [5.41, 5.74) is 2.61. The van der Waals surface area contributed by atoms with Gasteiger partial charge in [0.25, 0.3) is 17.7 Å². The van der Waals surface area contributed by atoms with Crippen LogP contribution in [0.4, 0.5) is 0 Å². The zero-order chi connectivity index (χ0) is 26.6. The lowest BCUT2D eigenvalue weighted by Gasteiger charge is -2.38. The van der Waals surface area contributed by atoms with Crippen LogP contribution in [-0.2, 0) is 11.3 Å². The van der Waals surface area contributed by atoms with Crippen molar-refractivity contribution in [2.75, 3.05) is 26.8 Å². The molecule has 9 nitrogen and oxygen atoms in total. The largest absolute Gasteiger partial charge is 0.496 e. The Bertz CT molecular complexity index is 1340. The Labute approximate surface area is 224 Å². The molecular weight excluding hydrogens is 506 g/mol. The quantitative estimate of drug-likeness (QED) is 0.522. The predicted octanol–water partition coefficient (Wildman–Crippen LogP) is 3.17. The number of benzene rings is 2. The lowest BCUT2D eigenvalue weighted by molar-refractivity contribution is -0.123. The number of aryl methyl sites for hydroxylation is 1. The van der Waals surface area contributed by atoms with Crippen molar-refractivity contribution < 1.29 is 28.6 Å². The Kier molecular flexibility index (Phi) is 7.50. The molecule has 0 spiro atoms. The van der Waals surface area contributed by atoms with Gasteiger partial charge in [-0.25, -0.2) is 0 Å². The molecule has 4 bridgehead atoms. The minimum absolute atomic E-state index is 0.0726. The molecule has 3 aromatic rings. The van der Waals surface area contributed by atoms with Crippen LogP contribution in [0.5, 0.6) is 17.2 Å². The van der Waals surface area contributed by atoms with E-state index in [0.717, 1.165) is 11.1 Å². The number of fused-ring (bicyclic) bond motifs is 7. The van der Waals surface area contributed by atoms with Crippen LogP contribution in [-0.4, -0.2) is 61.6 Å². The molecule has 0 saturated carbocycles. The van der Waals surface area contributed by atoms with E-state index in [2.05, 4.69) is 10.6 Å². The Morgan fingerprint density at radius 2 is 2.03 bits per heavy atom. The fourth-order valence-corrected chi connectivity index (χ4v) is 5.25. The van der Waals surface area contributed by atoms with Gasteiger partial charge in [-0.15, -0.1) is 0 Å². The van der Waals surface area contributed by atoms with Crippen molar-refractivity contribution >= 4 is 29.1 Å². The van der Waals surface area contributed by atoms with Crippen LogP contribution in [0.15, 0.2) is 53.2 Å². The number of piperidine rings is 1. The van der Waals surface area contributed by atoms with E-state index < -0.39 is 6.04 Å². The molecule has 3 aliphatic heterocycles. The highest BCUT2D eigenvalue weighted by Crippen LogP contribution is 2.28. The molecule has 0 unspecified atom stereocenters. The van der Waals surface area contributed by atoms with Crippen molar-refractivity contribution in [2.24, 2.45) is 0 Å². The van der Waals surface area contributed by atoms with Crippen LogP contribution >= 0.6 is 11.3 Å². The van der Waals surface area contributed by atoms with E-state index in [4.69, 9.17) is 14.2 Å². The minimum atomic E-state index is -0.464. The van der Waals surface area contributed by atoms with Gasteiger partial charge in [-0.3, -0.25) is 14.4 Å². The molecule has 0 aliphatic carbocycles. The van der Waals surface area contributed by atoms with Crippen molar-refractivity contribution in [2.45, 2.75) is 32.0 Å². The second kappa shape index (κ2) is 11.1. The molecule has 2 N–H and O–H groups in total. The Balaban J connectivity index is 1.47. The number of thiophene rings is 1. The average Bonchev–Trinajstić information content (AvgIpc) is 3.47. The van der Waals surface area contributed by atoms with Gasteiger partial charge in [0.2, 0.25) is 0 Å². The second-order valence-electron chi connectivity index (χ2n) is 9.31. The summed E-state index contributed by atoms with van der Waals surface area (Å²) in [5.74, 6) is 0.901. The van der Waals surface area contributed by atoms with E-state index in [9.17, 15) is 14.4 Å².